The van der Waals surface area contributed by atoms with Crippen LogP contribution in [-0.2, 0) is 16.4 Å². The molecule has 0 bridgehead atoms. The second-order valence-corrected chi connectivity index (χ2v) is 10.1. The lowest BCUT2D eigenvalue weighted by Crippen LogP contribution is -2.47. The molecule has 0 N–H and O–H groups in total. The van der Waals surface area contributed by atoms with Crippen LogP contribution in [0.4, 0.5) is 5.82 Å². The van der Waals surface area contributed by atoms with Gasteiger partial charge in [0.05, 0.1) is 0 Å². The molecule has 29 heavy (non-hydrogen) atoms. The molecular weight excluding hydrogens is 384 g/mol. The van der Waals surface area contributed by atoms with Crippen LogP contribution in [0.15, 0.2) is 53.6 Å². The Labute approximate surface area is 174 Å². The monoisotopic (exact) mass is 414 g/mol. The Morgan fingerprint density at radius 1 is 0.931 bits per heavy atom. The first-order valence-electron chi connectivity index (χ1n) is 10.5. The minimum atomic E-state index is -3.45. The van der Waals surface area contributed by atoms with Crippen LogP contribution < -0.4 is 4.90 Å². The number of piperidine rings is 1. The summed E-state index contributed by atoms with van der Waals surface area (Å²) in [6.45, 7) is 4.54. The van der Waals surface area contributed by atoms with Crippen molar-refractivity contribution in [2.75, 3.05) is 51.2 Å². The lowest BCUT2D eigenvalue weighted by atomic mass is 9.90. The Bertz CT molecular complexity index is 886. The van der Waals surface area contributed by atoms with E-state index in [1.807, 2.05) is 13.1 Å². The Kier molecular flexibility index (Phi) is 6.18. The number of rotatable bonds is 5. The van der Waals surface area contributed by atoms with Crippen molar-refractivity contribution in [2.24, 2.45) is 5.92 Å². The van der Waals surface area contributed by atoms with Gasteiger partial charge in [0, 0.05) is 45.5 Å². The third-order valence-electron chi connectivity index (χ3n) is 6.13. The number of piperazine rings is 1. The first-order valence-corrected chi connectivity index (χ1v) is 11.9. The van der Waals surface area contributed by atoms with Gasteiger partial charge < -0.3 is 9.80 Å². The van der Waals surface area contributed by atoms with Gasteiger partial charge in [0.25, 0.3) is 0 Å². The molecule has 0 amide bonds. The maximum absolute atomic E-state index is 12.9. The van der Waals surface area contributed by atoms with E-state index in [4.69, 9.17) is 0 Å². The molecule has 4 rings (SSSR count). The quantitative estimate of drug-likeness (QED) is 0.752. The number of likely N-dealkylation sites (N-methyl/N-ethyl adjacent to an activating group) is 1. The van der Waals surface area contributed by atoms with Crippen molar-refractivity contribution in [1.29, 1.82) is 0 Å². The third kappa shape index (κ3) is 4.79. The molecule has 0 aliphatic carbocycles. The normalized spacial score (nSPS) is 20.1. The predicted molar refractivity (Wildman–Crippen MR) is 116 cm³/mol. The minimum Gasteiger partial charge on any atom is -0.357 e. The summed E-state index contributed by atoms with van der Waals surface area (Å²) in [5, 5.41) is 0. The SMILES string of the molecule is CN1CCN(S(=O)(=O)c2ccc(N3CCC(Cc4ccccc4)CC3)nc2)CC1. The first kappa shape index (κ1) is 20.3. The molecule has 2 aromatic rings. The van der Waals surface area contributed by atoms with E-state index in [-0.39, 0.29) is 0 Å². The third-order valence-corrected chi connectivity index (χ3v) is 8.01. The molecule has 2 saturated heterocycles. The second-order valence-electron chi connectivity index (χ2n) is 8.18. The molecule has 1 aromatic carbocycles. The maximum Gasteiger partial charge on any atom is 0.244 e. The van der Waals surface area contributed by atoms with Crippen LogP contribution in [0.1, 0.15) is 18.4 Å². The Morgan fingerprint density at radius 2 is 1.62 bits per heavy atom. The van der Waals surface area contributed by atoms with E-state index >= 15 is 0 Å². The molecule has 3 heterocycles. The molecule has 0 radical (unpaired) electrons. The largest absolute Gasteiger partial charge is 0.357 e. The average molecular weight is 415 g/mol. The molecule has 2 aliphatic heterocycles. The van der Waals surface area contributed by atoms with Crippen LogP contribution in [0.5, 0.6) is 0 Å². The summed E-state index contributed by atoms with van der Waals surface area (Å²) in [7, 11) is -1.43. The number of pyridine rings is 1. The van der Waals surface area contributed by atoms with Gasteiger partial charge in [-0.2, -0.15) is 4.31 Å². The molecule has 2 aliphatic rings. The standard InChI is InChI=1S/C22H30N4O2S/c1-24-13-15-26(16-14-24)29(27,28)21-7-8-22(23-18-21)25-11-9-20(10-12-25)17-19-5-3-2-4-6-19/h2-8,18,20H,9-17H2,1H3. The molecule has 0 saturated carbocycles. The van der Waals surface area contributed by atoms with Crippen LogP contribution >= 0.6 is 0 Å². The van der Waals surface area contributed by atoms with Crippen molar-refractivity contribution in [2.45, 2.75) is 24.2 Å². The summed E-state index contributed by atoms with van der Waals surface area (Å²) in [5.74, 6) is 1.58. The molecule has 156 valence electrons. The molecule has 2 fully saturated rings. The van der Waals surface area contributed by atoms with Gasteiger partial charge in [0.15, 0.2) is 0 Å². The summed E-state index contributed by atoms with van der Waals surface area (Å²) in [5.41, 5.74) is 1.41. The molecule has 6 nitrogen and oxygen atoms in total. The van der Waals surface area contributed by atoms with Crippen molar-refractivity contribution in [1.82, 2.24) is 14.2 Å². The number of hydrogen-bond acceptors (Lipinski definition) is 5. The molecule has 1 aromatic heterocycles. The highest BCUT2D eigenvalue weighted by atomic mass is 32.2. The maximum atomic E-state index is 12.9. The van der Waals surface area contributed by atoms with Gasteiger partial charge in [-0.15, -0.1) is 0 Å². The number of benzene rings is 1. The zero-order chi connectivity index (χ0) is 20.3. The fraction of sp³-hybridized carbons (Fsp3) is 0.500. The number of sulfonamides is 1. The van der Waals surface area contributed by atoms with Crippen molar-refractivity contribution >= 4 is 15.8 Å². The van der Waals surface area contributed by atoms with Gasteiger partial charge in [-0.3, -0.25) is 0 Å². The highest BCUT2D eigenvalue weighted by molar-refractivity contribution is 7.89. The van der Waals surface area contributed by atoms with Crippen molar-refractivity contribution in [3.8, 4) is 0 Å². The van der Waals surface area contributed by atoms with Gasteiger partial charge >= 0.3 is 0 Å². The molecule has 0 spiro atoms. The molecule has 7 heteroatoms. The van der Waals surface area contributed by atoms with E-state index in [0.717, 1.165) is 51.3 Å². The fourth-order valence-electron chi connectivity index (χ4n) is 4.20. The molecule has 0 unspecified atom stereocenters. The van der Waals surface area contributed by atoms with Gasteiger partial charge in [-0.05, 0) is 49.9 Å². The van der Waals surface area contributed by atoms with Gasteiger partial charge in [0.2, 0.25) is 10.0 Å². The van der Waals surface area contributed by atoms with Gasteiger partial charge in [-0.25, -0.2) is 13.4 Å². The number of hydrogen-bond donors (Lipinski definition) is 0. The predicted octanol–water partition coefficient (Wildman–Crippen LogP) is 2.48. The fourth-order valence-corrected chi connectivity index (χ4v) is 5.57. The Morgan fingerprint density at radius 3 is 2.24 bits per heavy atom. The van der Waals surface area contributed by atoms with E-state index in [1.165, 1.54) is 11.8 Å². The average Bonchev–Trinajstić information content (AvgIpc) is 2.75. The van der Waals surface area contributed by atoms with Crippen LogP contribution in [0, 0.1) is 5.92 Å². The lowest BCUT2D eigenvalue weighted by molar-refractivity contribution is 0.222. The van der Waals surface area contributed by atoms with Gasteiger partial charge in [-0.1, -0.05) is 30.3 Å². The Hall–Kier alpha value is -1.96. The van der Waals surface area contributed by atoms with E-state index in [9.17, 15) is 8.42 Å². The van der Waals surface area contributed by atoms with Crippen LogP contribution in [0.2, 0.25) is 0 Å². The number of nitrogens with zero attached hydrogens (tertiary/aromatic N) is 4. The molecular formula is C22H30N4O2S. The second kappa shape index (κ2) is 8.81. The summed E-state index contributed by atoms with van der Waals surface area (Å²) in [6, 6.07) is 14.2. The summed E-state index contributed by atoms with van der Waals surface area (Å²) < 4.78 is 27.3. The number of aromatic nitrogens is 1. The molecule has 0 atom stereocenters. The van der Waals surface area contributed by atoms with Crippen molar-refractivity contribution in [3.05, 3.63) is 54.2 Å². The highest BCUT2D eigenvalue weighted by Crippen LogP contribution is 2.26. The van der Waals surface area contributed by atoms with Crippen LogP contribution in [0.25, 0.3) is 0 Å². The van der Waals surface area contributed by atoms with E-state index in [0.29, 0.717) is 23.9 Å². The number of anilines is 1. The van der Waals surface area contributed by atoms with E-state index in [1.54, 1.807) is 10.4 Å². The van der Waals surface area contributed by atoms with Crippen LogP contribution in [0.3, 0.4) is 0 Å². The van der Waals surface area contributed by atoms with Crippen molar-refractivity contribution in [3.63, 3.8) is 0 Å². The first-order chi connectivity index (χ1) is 14.0. The zero-order valence-corrected chi connectivity index (χ0v) is 17.9. The Balaban J connectivity index is 1.35. The summed E-state index contributed by atoms with van der Waals surface area (Å²) in [4.78, 5) is 9.21. The summed E-state index contributed by atoms with van der Waals surface area (Å²) in [6.07, 6.45) is 4.93. The van der Waals surface area contributed by atoms with Crippen LogP contribution in [-0.4, -0.2) is 68.9 Å². The van der Waals surface area contributed by atoms with E-state index in [2.05, 4.69) is 45.1 Å². The highest BCUT2D eigenvalue weighted by Gasteiger charge is 2.28. The smallest absolute Gasteiger partial charge is 0.244 e. The van der Waals surface area contributed by atoms with Crippen molar-refractivity contribution < 1.29 is 8.42 Å². The zero-order valence-electron chi connectivity index (χ0n) is 17.1. The minimum absolute atomic E-state index is 0.296. The summed E-state index contributed by atoms with van der Waals surface area (Å²) >= 11 is 0. The van der Waals surface area contributed by atoms with Gasteiger partial charge in [0.1, 0.15) is 10.7 Å². The topological polar surface area (TPSA) is 56.8 Å². The lowest BCUT2D eigenvalue weighted by Gasteiger charge is -2.33. The van der Waals surface area contributed by atoms with E-state index < -0.39 is 10.0 Å².